The fourth-order valence-corrected chi connectivity index (χ4v) is 7.72. The van der Waals surface area contributed by atoms with Gasteiger partial charge in [0.2, 0.25) is 0 Å². The Hall–Kier alpha value is -3.29. The highest BCUT2D eigenvalue weighted by molar-refractivity contribution is 6.06. The van der Waals surface area contributed by atoms with E-state index in [0.29, 0.717) is 11.0 Å². The van der Waals surface area contributed by atoms with Crippen LogP contribution in [0.3, 0.4) is 0 Å². The summed E-state index contributed by atoms with van der Waals surface area (Å²) < 4.78 is 0. The summed E-state index contributed by atoms with van der Waals surface area (Å²) in [6, 6.07) is 18.3. The van der Waals surface area contributed by atoms with Gasteiger partial charge in [0.15, 0.2) is 0 Å². The first-order valence-electron chi connectivity index (χ1n) is 15.2. The van der Waals surface area contributed by atoms with E-state index in [0.717, 1.165) is 78.8 Å². The Labute approximate surface area is 242 Å². The number of para-hydroxylation sites is 1. The molecule has 41 heavy (non-hydrogen) atoms. The third kappa shape index (κ3) is 7.52. The number of aryl methyl sites for hydroxylation is 1. The lowest BCUT2D eigenvalue weighted by Gasteiger charge is -2.56. The number of aromatic carboxylic acids is 1. The van der Waals surface area contributed by atoms with Gasteiger partial charge in [-0.15, -0.1) is 0 Å². The summed E-state index contributed by atoms with van der Waals surface area (Å²) >= 11 is 0. The normalized spacial score (nSPS) is 24.1. The van der Waals surface area contributed by atoms with Crippen LogP contribution in [0.2, 0.25) is 0 Å². The van der Waals surface area contributed by atoms with Gasteiger partial charge in [-0.05, 0) is 118 Å². The maximum atomic E-state index is 13.4. The second kappa shape index (κ2) is 13.6. The van der Waals surface area contributed by atoms with Gasteiger partial charge in [-0.3, -0.25) is 9.78 Å². The summed E-state index contributed by atoms with van der Waals surface area (Å²) in [6.07, 6.45) is 10.8. The van der Waals surface area contributed by atoms with E-state index in [1.54, 1.807) is 30.3 Å². The Morgan fingerprint density at radius 1 is 0.878 bits per heavy atom. The minimum Gasteiger partial charge on any atom is -0.478 e. The number of aliphatic hydroxyl groups is 1. The third-order valence-electron chi connectivity index (χ3n) is 9.12. The Kier molecular flexibility index (Phi) is 9.68. The fourth-order valence-electron chi connectivity index (χ4n) is 7.72. The Bertz CT molecular complexity index is 1290. The van der Waals surface area contributed by atoms with E-state index < -0.39 is 5.97 Å². The Morgan fingerprint density at radius 3 is 2.15 bits per heavy atom. The van der Waals surface area contributed by atoms with Crippen molar-refractivity contribution < 1.29 is 19.8 Å². The van der Waals surface area contributed by atoms with Gasteiger partial charge in [-0.25, -0.2) is 4.79 Å². The number of nitrogens with zero attached hydrogens (tertiary/aromatic N) is 1. The average molecular weight is 558 g/mol. The number of benzene rings is 2. The largest absolute Gasteiger partial charge is 0.478 e. The van der Waals surface area contributed by atoms with E-state index in [9.17, 15) is 9.59 Å². The van der Waals surface area contributed by atoms with E-state index in [1.165, 1.54) is 38.5 Å². The smallest absolute Gasteiger partial charge is 0.335 e. The summed E-state index contributed by atoms with van der Waals surface area (Å²) in [5, 5.41) is 24.9. The third-order valence-corrected chi connectivity index (χ3v) is 9.12. The highest BCUT2D eigenvalue weighted by Gasteiger charge is 2.50. The molecule has 7 heteroatoms. The molecule has 0 radical (unpaired) electrons. The zero-order valence-corrected chi connectivity index (χ0v) is 23.9. The predicted molar refractivity (Wildman–Crippen MR) is 161 cm³/mol. The van der Waals surface area contributed by atoms with Crippen LogP contribution in [-0.4, -0.2) is 53.3 Å². The van der Waals surface area contributed by atoms with Crippen molar-refractivity contribution in [3.63, 3.8) is 0 Å². The van der Waals surface area contributed by atoms with Crippen LogP contribution in [0, 0.1) is 23.2 Å². The van der Waals surface area contributed by atoms with Crippen LogP contribution in [0.1, 0.15) is 77.8 Å². The molecule has 3 aromatic rings. The van der Waals surface area contributed by atoms with Crippen LogP contribution in [0.4, 0.5) is 0 Å². The quantitative estimate of drug-likeness (QED) is 0.233. The molecule has 7 rings (SSSR count). The molecule has 4 aliphatic carbocycles. The molecule has 1 amide bonds. The lowest BCUT2D eigenvalue weighted by molar-refractivity contribution is -0.0503. The number of hydrogen-bond acceptors (Lipinski definition) is 5. The van der Waals surface area contributed by atoms with Crippen molar-refractivity contribution in [3.8, 4) is 0 Å². The number of aromatic nitrogens is 1. The molecule has 1 heterocycles. The van der Waals surface area contributed by atoms with Crippen LogP contribution < -0.4 is 10.6 Å². The number of aliphatic hydroxyl groups excluding tert-OH is 1. The molecule has 0 atom stereocenters. The number of amides is 1. The summed E-state index contributed by atoms with van der Waals surface area (Å²) in [5.74, 6) is 1.88. The second-order valence-electron chi connectivity index (χ2n) is 12.4. The van der Waals surface area contributed by atoms with Crippen molar-refractivity contribution >= 4 is 22.8 Å². The lowest BCUT2D eigenvalue weighted by Crippen LogP contribution is -2.51. The number of carboxylic acids is 1. The number of nitrogens with one attached hydrogen (secondary N) is 2. The summed E-state index contributed by atoms with van der Waals surface area (Å²) in [5.41, 5.74) is 3.32. The number of pyridine rings is 1. The zero-order chi connectivity index (χ0) is 28.7. The highest BCUT2D eigenvalue weighted by Crippen LogP contribution is 2.59. The molecule has 0 spiro atoms. The van der Waals surface area contributed by atoms with Crippen molar-refractivity contribution in [2.24, 2.45) is 23.2 Å². The van der Waals surface area contributed by atoms with E-state index in [-0.39, 0.29) is 12.5 Å². The Morgan fingerprint density at radius 2 is 1.51 bits per heavy atom. The standard InChI is InChI=1S/C27H37N3O2.C7H6O2/c31-10-4-9-28-8-3-5-22-14-24(23-6-1-2-7-25(23)30-22)26(32)29-18-27-15-19-11-20(16-27)13-21(12-19)17-27;8-7(9)6-4-2-1-3-5-6/h1-2,6-7,14,19-21,28,31H,3-5,8-13,15-18H2,(H,29,32);1-5H,(H,8,9). The van der Waals surface area contributed by atoms with Crippen LogP contribution in [-0.2, 0) is 6.42 Å². The number of fused-ring (bicyclic) bond motifs is 1. The first-order valence-corrected chi connectivity index (χ1v) is 15.2. The maximum Gasteiger partial charge on any atom is 0.335 e. The number of carbonyl (C=O) groups excluding carboxylic acids is 1. The van der Waals surface area contributed by atoms with Crippen LogP contribution in [0.5, 0.6) is 0 Å². The van der Waals surface area contributed by atoms with Gasteiger partial charge in [0.05, 0.1) is 16.6 Å². The van der Waals surface area contributed by atoms with Crippen molar-refractivity contribution in [1.82, 2.24) is 15.6 Å². The molecule has 4 fully saturated rings. The van der Waals surface area contributed by atoms with Gasteiger partial charge in [-0.1, -0.05) is 36.4 Å². The van der Waals surface area contributed by atoms with Gasteiger partial charge in [0, 0.05) is 24.2 Å². The molecular weight excluding hydrogens is 514 g/mol. The Balaban J connectivity index is 0.000000321. The van der Waals surface area contributed by atoms with Gasteiger partial charge < -0.3 is 20.8 Å². The van der Waals surface area contributed by atoms with E-state index in [2.05, 4.69) is 10.6 Å². The lowest BCUT2D eigenvalue weighted by atomic mass is 9.49. The summed E-state index contributed by atoms with van der Waals surface area (Å²) in [4.78, 5) is 28.4. The fraction of sp³-hybridized carbons (Fsp3) is 0.500. The summed E-state index contributed by atoms with van der Waals surface area (Å²) in [7, 11) is 0. The minimum absolute atomic E-state index is 0.0571. The molecule has 2 aromatic carbocycles. The van der Waals surface area contributed by atoms with Gasteiger partial charge in [-0.2, -0.15) is 0 Å². The first-order chi connectivity index (χ1) is 19.9. The second-order valence-corrected chi connectivity index (χ2v) is 12.4. The number of carboxylic acid groups (broad SMARTS) is 1. The molecule has 4 bridgehead atoms. The zero-order valence-electron chi connectivity index (χ0n) is 23.9. The van der Waals surface area contributed by atoms with Crippen molar-refractivity contribution in [3.05, 3.63) is 77.5 Å². The average Bonchev–Trinajstić information content (AvgIpc) is 2.97. The molecule has 1 aromatic heterocycles. The molecule has 7 nitrogen and oxygen atoms in total. The monoisotopic (exact) mass is 557 g/mol. The molecule has 0 saturated heterocycles. The predicted octanol–water partition coefficient (Wildman–Crippen LogP) is 5.47. The number of rotatable bonds is 11. The maximum absolute atomic E-state index is 13.4. The van der Waals surface area contributed by atoms with Crippen LogP contribution in [0.25, 0.3) is 10.9 Å². The van der Waals surface area contributed by atoms with E-state index in [4.69, 9.17) is 15.2 Å². The molecule has 4 aliphatic rings. The SMILES string of the molecule is O=C(NCC12CC3CC(CC(C3)C1)C2)c1cc(CCCNCCCO)nc2ccccc12.O=C(O)c1ccccc1. The van der Waals surface area contributed by atoms with Crippen molar-refractivity contribution in [2.75, 3.05) is 26.2 Å². The molecule has 4 saturated carbocycles. The van der Waals surface area contributed by atoms with Gasteiger partial charge >= 0.3 is 5.97 Å². The van der Waals surface area contributed by atoms with Crippen LogP contribution >= 0.6 is 0 Å². The minimum atomic E-state index is -0.879. The first kappa shape index (κ1) is 29.2. The van der Waals surface area contributed by atoms with Gasteiger partial charge in [0.1, 0.15) is 0 Å². The number of hydrogen-bond donors (Lipinski definition) is 4. The molecule has 4 N–H and O–H groups in total. The molecule has 0 unspecified atom stereocenters. The highest BCUT2D eigenvalue weighted by atomic mass is 16.4. The van der Waals surface area contributed by atoms with Crippen LogP contribution in [0.15, 0.2) is 60.7 Å². The van der Waals surface area contributed by atoms with E-state index >= 15 is 0 Å². The molecule has 0 aliphatic heterocycles. The number of carbonyl (C=O) groups is 2. The summed E-state index contributed by atoms with van der Waals surface area (Å²) in [6.45, 7) is 2.78. The molecule has 218 valence electrons. The van der Waals surface area contributed by atoms with Crippen molar-refractivity contribution in [2.45, 2.75) is 57.8 Å². The molecular formula is C34H43N3O4. The van der Waals surface area contributed by atoms with E-state index in [1.807, 2.05) is 30.3 Å². The van der Waals surface area contributed by atoms with Gasteiger partial charge in [0.25, 0.3) is 5.91 Å². The topological polar surface area (TPSA) is 112 Å². The van der Waals surface area contributed by atoms with Crippen molar-refractivity contribution in [1.29, 1.82) is 0 Å².